The fraction of sp³-hybridized carbons (Fsp3) is 0.316. The van der Waals surface area contributed by atoms with Crippen LogP contribution < -0.4 is 5.32 Å². The Labute approximate surface area is 158 Å². The summed E-state index contributed by atoms with van der Waals surface area (Å²) in [6.07, 6.45) is 0. The zero-order valence-corrected chi connectivity index (χ0v) is 16.1. The van der Waals surface area contributed by atoms with Gasteiger partial charge in [0.25, 0.3) is 0 Å². The molecule has 2 aromatic carbocycles. The van der Waals surface area contributed by atoms with E-state index in [4.69, 9.17) is 0 Å². The summed E-state index contributed by atoms with van der Waals surface area (Å²) in [5.41, 5.74) is 1.81. The van der Waals surface area contributed by atoms with Gasteiger partial charge >= 0.3 is 6.03 Å². The standard InChI is InChI=1S/C19H22FN3O3S/c1-14-7-8-18(15(2)13-14)27(25,26)23-11-9-22(10-12-23)19(24)21-17-6-4-3-5-16(17)20/h3-8,13H,9-12H2,1-2H3,(H,21,24). The lowest BCUT2D eigenvalue weighted by Gasteiger charge is -2.34. The number of rotatable bonds is 3. The molecular formula is C19H22FN3O3S. The van der Waals surface area contributed by atoms with Crippen LogP contribution in [0.3, 0.4) is 0 Å². The minimum Gasteiger partial charge on any atom is -0.322 e. The number of aryl methyl sites for hydroxylation is 2. The first kappa shape index (κ1) is 19.3. The second-order valence-corrected chi connectivity index (χ2v) is 8.48. The average molecular weight is 391 g/mol. The minimum atomic E-state index is -3.61. The van der Waals surface area contributed by atoms with Gasteiger partial charge in [-0.15, -0.1) is 0 Å². The third-order valence-corrected chi connectivity index (χ3v) is 6.65. The van der Waals surface area contributed by atoms with E-state index >= 15 is 0 Å². The van der Waals surface area contributed by atoms with Crippen LogP contribution >= 0.6 is 0 Å². The molecule has 3 rings (SSSR count). The van der Waals surface area contributed by atoms with Gasteiger partial charge < -0.3 is 10.2 Å². The van der Waals surface area contributed by atoms with Crippen molar-refractivity contribution in [2.75, 3.05) is 31.5 Å². The Hall–Kier alpha value is -2.45. The smallest absolute Gasteiger partial charge is 0.322 e. The van der Waals surface area contributed by atoms with Crippen LogP contribution in [0, 0.1) is 19.7 Å². The maximum absolute atomic E-state index is 13.7. The number of carbonyl (C=O) groups excluding carboxylic acids is 1. The van der Waals surface area contributed by atoms with Crippen molar-refractivity contribution in [2.45, 2.75) is 18.7 Å². The van der Waals surface area contributed by atoms with Gasteiger partial charge in [0.15, 0.2) is 0 Å². The molecule has 1 N–H and O–H groups in total. The number of para-hydroxylation sites is 1. The first-order chi connectivity index (χ1) is 12.8. The summed E-state index contributed by atoms with van der Waals surface area (Å²) in [7, 11) is -3.61. The molecule has 2 amide bonds. The second-order valence-electron chi connectivity index (χ2n) is 6.57. The van der Waals surface area contributed by atoms with Gasteiger partial charge in [0.05, 0.1) is 10.6 Å². The highest BCUT2D eigenvalue weighted by Gasteiger charge is 2.31. The van der Waals surface area contributed by atoms with Gasteiger partial charge in [-0.05, 0) is 37.6 Å². The van der Waals surface area contributed by atoms with Gasteiger partial charge in [0.1, 0.15) is 5.82 Å². The summed E-state index contributed by atoms with van der Waals surface area (Å²) >= 11 is 0. The van der Waals surface area contributed by atoms with E-state index in [0.717, 1.165) is 5.56 Å². The Morgan fingerprint density at radius 2 is 1.70 bits per heavy atom. The number of benzene rings is 2. The third-order valence-electron chi connectivity index (χ3n) is 4.59. The summed E-state index contributed by atoms with van der Waals surface area (Å²) in [4.78, 5) is 14.1. The van der Waals surface area contributed by atoms with Crippen molar-refractivity contribution >= 4 is 21.7 Å². The maximum atomic E-state index is 13.7. The monoisotopic (exact) mass is 391 g/mol. The lowest BCUT2D eigenvalue weighted by atomic mass is 10.2. The molecule has 1 aliphatic heterocycles. The minimum absolute atomic E-state index is 0.104. The maximum Gasteiger partial charge on any atom is 0.322 e. The molecule has 6 nitrogen and oxygen atoms in total. The molecule has 1 fully saturated rings. The molecule has 144 valence electrons. The normalized spacial score (nSPS) is 15.6. The summed E-state index contributed by atoms with van der Waals surface area (Å²) in [6, 6.07) is 10.7. The Morgan fingerprint density at radius 1 is 1.04 bits per heavy atom. The number of urea groups is 1. The van der Waals surface area contributed by atoms with E-state index in [-0.39, 0.29) is 36.8 Å². The molecule has 1 heterocycles. The summed E-state index contributed by atoms with van der Waals surface area (Å²) in [6.45, 7) is 4.56. The topological polar surface area (TPSA) is 69.7 Å². The first-order valence-electron chi connectivity index (χ1n) is 8.67. The van der Waals surface area contributed by atoms with Gasteiger partial charge in [-0.2, -0.15) is 4.31 Å². The van der Waals surface area contributed by atoms with E-state index < -0.39 is 21.9 Å². The van der Waals surface area contributed by atoms with E-state index in [1.165, 1.54) is 21.3 Å². The SMILES string of the molecule is Cc1ccc(S(=O)(=O)N2CCN(C(=O)Nc3ccccc3F)CC2)c(C)c1. The number of anilines is 1. The molecule has 27 heavy (non-hydrogen) atoms. The quantitative estimate of drug-likeness (QED) is 0.875. The first-order valence-corrected chi connectivity index (χ1v) is 10.1. The van der Waals surface area contributed by atoms with Gasteiger partial charge in [0.2, 0.25) is 10.0 Å². The lowest BCUT2D eigenvalue weighted by molar-refractivity contribution is 0.184. The Morgan fingerprint density at radius 3 is 2.33 bits per heavy atom. The summed E-state index contributed by atoms with van der Waals surface area (Å²) in [5.74, 6) is -0.512. The van der Waals surface area contributed by atoms with Crippen LogP contribution in [0.25, 0.3) is 0 Å². The van der Waals surface area contributed by atoms with Gasteiger partial charge in [0, 0.05) is 26.2 Å². The molecular weight excluding hydrogens is 369 g/mol. The average Bonchev–Trinajstić information content (AvgIpc) is 2.63. The van der Waals surface area contributed by atoms with E-state index in [0.29, 0.717) is 5.56 Å². The van der Waals surface area contributed by atoms with Crippen molar-refractivity contribution in [3.63, 3.8) is 0 Å². The molecule has 0 spiro atoms. The highest BCUT2D eigenvalue weighted by atomic mass is 32.2. The Bertz CT molecular complexity index is 954. The zero-order valence-electron chi connectivity index (χ0n) is 15.3. The van der Waals surface area contributed by atoms with Crippen LogP contribution in [0.1, 0.15) is 11.1 Å². The van der Waals surface area contributed by atoms with E-state index in [2.05, 4.69) is 5.32 Å². The van der Waals surface area contributed by atoms with Crippen molar-refractivity contribution in [1.82, 2.24) is 9.21 Å². The van der Waals surface area contributed by atoms with E-state index in [1.54, 1.807) is 31.2 Å². The molecule has 0 saturated carbocycles. The van der Waals surface area contributed by atoms with Gasteiger partial charge in [-0.25, -0.2) is 17.6 Å². The second kappa shape index (κ2) is 7.66. The van der Waals surface area contributed by atoms with Crippen LogP contribution in [0.15, 0.2) is 47.4 Å². The van der Waals surface area contributed by atoms with E-state index in [1.807, 2.05) is 13.0 Å². The fourth-order valence-electron chi connectivity index (χ4n) is 3.12. The largest absolute Gasteiger partial charge is 0.322 e. The number of piperazine rings is 1. The molecule has 2 aromatic rings. The number of hydrogen-bond acceptors (Lipinski definition) is 3. The number of nitrogens with zero attached hydrogens (tertiary/aromatic N) is 2. The number of sulfonamides is 1. The molecule has 0 atom stereocenters. The molecule has 1 saturated heterocycles. The highest BCUT2D eigenvalue weighted by Crippen LogP contribution is 2.22. The third kappa shape index (κ3) is 4.12. The fourth-order valence-corrected chi connectivity index (χ4v) is 4.74. The van der Waals surface area contributed by atoms with E-state index in [9.17, 15) is 17.6 Å². The van der Waals surface area contributed by atoms with Crippen LogP contribution in [0.5, 0.6) is 0 Å². The van der Waals surface area contributed by atoms with Crippen molar-refractivity contribution in [3.8, 4) is 0 Å². The molecule has 0 aromatic heterocycles. The number of amides is 2. The van der Waals surface area contributed by atoms with Crippen LogP contribution in [-0.4, -0.2) is 49.8 Å². The number of nitrogens with one attached hydrogen (secondary N) is 1. The van der Waals surface area contributed by atoms with Crippen LogP contribution in [0.4, 0.5) is 14.9 Å². The summed E-state index contributed by atoms with van der Waals surface area (Å²) in [5, 5.41) is 2.52. The van der Waals surface area contributed by atoms with Gasteiger partial charge in [-0.1, -0.05) is 29.8 Å². The molecule has 0 radical (unpaired) electrons. The van der Waals surface area contributed by atoms with Crippen molar-refractivity contribution in [3.05, 3.63) is 59.4 Å². The molecule has 0 aliphatic carbocycles. The van der Waals surface area contributed by atoms with Crippen molar-refractivity contribution in [2.24, 2.45) is 0 Å². The molecule has 0 bridgehead atoms. The van der Waals surface area contributed by atoms with Crippen LogP contribution in [-0.2, 0) is 10.0 Å². The number of halogens is 1. The molecule has 8 heteroatoms. The van der Waals surface area contributed by atoms with Crippen LogP contribution in [0.2, 0.25) is 0 Å². The number of carbonyl (C=O) groups is 1. The van der Waals surface area contributed by atoms with Crippen molar-refractivity contribution < 1.29 is 17.6 Å². The number of hydrogen-bond donors (Lipinski definition) is 1. The zero-order chi connectivity index (χ0) is 19.6. The molecule has 1 aliphatic rings. The Balaban J connectivity index is 1.66. The lowest BCUT2D eigenvalue weighted by Crippen LogP contribution is -2.51. The highest BCUT2D eigenvalue weighted by molar-refractivity contribution is 7.89. The Kier molecular flexibility index (Phi) is 5.48. The van der Waals surface area contributed by atoms with Gasteiger partial charge in [-0.3, -0.25) is 0 Å². The summed E-state index contributed by atoms with van der Waals surface area (Å²) < 4.78 is 40.8. The predicted molar refractivity (Wildman–Crippen MR) is 102 cm³/mol. The molecule has 0 unspecified atom stereocenters. The van der Waals surface area contributed by atoms with Crippen molar-refractivity contribution in [1.29, 1.82) is 0 Å². The predicted octanol–water partition coefficient (Wildman–Crippen LogP) is 2.98.